The van der Waals surface area contributed by atoms with Crippen LogP contribution in [0.2, 0.25) is 5.02 Å². The molecule has 0 aromatic heterocycles. The molecule has 0 saturated carbocycles. The molecule has 2 rings (SSSR count). The van der Waals surface area contributed by atoms with Gasteiger partial charge in [-0.05, 0) is 51.8 Å². The summed E-state index contributed by atoms with van der Waals surface area (Å²) in [6.07, 6.45) is -1.43. The smallest absolute Gasteiger partial charge is 0.410 e. The van der Waals surface area contributed by atoms with Crippen LogP contribution < -0.4 is 0 Å². The molecule has 8 heteroatoms. The quantitative estimate of drug-likeness (QED) is 0.700. The Bertz CT molecular complexity index is 762. The zero-order chi connectivity index (χ0) is 22.7. The first-order valence-corrected chi connectivity index (χ1v) is 10.4. The summed E-state index contributed by atoms with van der Waals surface area (Å²) in [6.45, 7) is 9.25. The van der Waals surface area contributed by atoms with E-state index in [0.717, 1.165) is 0 Å². The summed E-state index contributed by atoms with van der Waals surface area (Å²) in [6, 6.07) is 6.81. The van der Waals surface area contributed by atoms with Crippen LogP contribution in [0.4, 0.5) is 4.79 Å². The van der Waals surface area contributed by atoms with Crippen LogP contribution in [0.15, 0.2) is 24.3 Å². The van der Waals surface area contributed by atoms with Crippen molar-refractivity contribution >= 4 is 23.7 Å². The Morgan fingerprint density at radius 2 is 1.87 bits per heavy atom. The average molecular weight is 442 g/mol. The van der Waals surface area contributed by atoms with Crippen molar-refractivity contribution in [3.63, 3.8) is 0 Å². The lowest BCUT2D eigenvalue weighted by atomic mass is 9.62. The zero-order valence-corrected chi connectivity index (χ0v) is 19.3. The number of ether oxygens (including phenoxy) is 3. The van der Waals surface area contributed by atoms with Gasteiger partial charge in [-0.1, -0.05) is 30.7 Å². The number of rotatable bonds is 5. The highest BCUT2D eigenvalue weighted by Crippen LogP contribution is 2.50. The van der Waals surface area contributed by atoms with Crippen LogP contribution in [0, 0.1) is 5.41 Å². The summed E-state index contributed by atoms with van der Waals surface area (Å²) >= 11 is 6.02. The molecule has 1 heterocycles. The van der Waals surface area contributed by atoms with Gasteiger partial charge in [-0.25, -0.2) is 9.59 Å². The molecule has 168 valence electrons. The maximum Gasteiger partial charge on any atom is 0.410 e. The Hall–Kier alpha value is -1.83. The van der Waals surface area contributed by atoms with Gasteiger partial charge >= 0.3 is 12.1 Å². The number of aliphatic hydroxyl groups is 1. The molecule has 1 aliphatic heterocycles. The van der Waals surface area contributed by atoms with E-state index in [2.05, 4.69) is 0 Å². The molecule has 1 aromatic rings. The summed E-state index contributed by atoms with van der Waals surface area (Å²) in [7, 11) is 1.39. The standard InChI is InChI=1S/C22H32ClNO6/c1-7-29-18(25)17(28-6)21(5)14-24(19(26)30-20(2,3)4)13-12-22(21,27)15-8-10-16(23)11-9-15/h8-11,17,27H,7,12-14H2,1-6H3. The average Bonchev–Trinajstić information content (AvgIpc) is 2.64. The Morgan fingerprint density at radius 3 is 2.37 bits per heavy atom. The van der Waals surface area contributed by atoms with Crippen molar-refractivity contribution < 1.29 is 28.9 Å². The van der Waals surface area contributed by atoms with Crippen molar-refractivity contribution in [1.29, 1.82) is 0 Å². The molecule has 3 atom stereocenters. The number of amides is 1. The van der Waals surface area contributed by atoms with Crippen LogP contribution in [0.1, 0.15) is 46.6 Å². The third kappa shape index (κ3) is 4.90. The molecule has 3 unspecified atom stereocenters. The number of hydrogen-bond donors (Lipinski definition) is 1. The van der Waals surface area contributed by atoms with Gasteiger partial charge in [0.1, 0.15) is 11.2 Å². The van der Waals surface area contributed by atoms with E-state index in [1.54, 1.807) is 58.9 Å². The number of carbonyl (C=O) groups excluding carboxylic acids is 2. The molecule has 1 fully saturated rings. The van der Waals surface area contributed by atoms with Crippen LogP contribution >= 0.6 is 11.6 Å². The minimum atomic E-state index is -1.47. The number of nitrogens with zero attached hydrogens (tertiary/aromatic N) is 1. The van der Waals surface area contributed by atoms with Gasteiger partial charge in [0.2, 0.25) is 0 Å². The first-order valence-electron chi connectivity index (χ1n) is 10.0. The Morgan fingerprint density at radius 1 is 1.27 bits per heavy atom. The third-order valence-electron chi connectivity index (χ3n) is 5.50. The van der Waals surface area contributed by atoms with E-state index in [1.807, 2.05) is 0 Å². The fourth-order valence-corrected chi connectivity index (χ4v) is 4.13. The summed E-state index contributed by atoms with van der Waals surface area (Å²) < 4.78 is 16.3. The van der Waals surface area contributed by atoms with E-state index in [0.29, 0.717) is 10.6 Å². The first kappa shape index (κ1) is 24.4. The Kier molecular flexibility index (Phi) is 7.43. The van der Waals surface area contributed by atoms with Gasteiger partial charge in [0, 0.05) is 25.2 Å². The van der Waals surface area contributed by atoms with Crippen molar-refractivity contribution in [1.82, 2.24) is 4.90 Å². The van der Waals surface area contributed by atoms with Crippen LogP contribution in [-0.4, -0.2) is 60.6 Å². The minimum Gasteiger partial charge on any atom is -0.464 e. The van der Waals surface area contributed by atoms with E-state index in [-0.39, 0.29) is 26.1 Å². The van der Waals surface area contributed by atoms with Gasteiger partial charge in [-0.3, -0.25) is 0 Å². The molecule has 0 spiro atoms. The van der Waals surface area contributed by atoms with Crippen molar-refractivity contribution in [2.45, 2.75) is 58.3 Å². The summed E-state index contributed by atoms with van der Waals surface area (Å²) in [5.74, 6) is -0.596. The van der Waals surface area contributed by atoms with Crippen molar-refractivity contribution in [3.05, 3.63) is 34.9 Å². The van der Waals surface area contributed by atoms with Gasteiger partial charge < -0.3 is 24.2 Å². The first-order chi connectivity index (χ1) is 13.9. The number of methoxy groups -OCH3 is 1. The molecular formula is C22H32ClNO6. The minimum absolute atomic E-state index is 0.0400. The van der Waals surface area contributed by atoms with Crippen molar-refractivity contribution in [3.8, 4) is 0 Å². The normalized spacial score (nSPS) is 25.5. The second kappa shape index (κ2) is 9.12. The molecule has 1 aromatic carbocycles. The number of piperidine rings is 1. The van der Waals surface area contributed by atoms with E-state index < -0.39 is 34.8 Å². The number of likely N-dealkylation sites (tertiary alicyclic amines) is 1. The molecule has 1 saturated heterocycles. The van der Waals surface area contributed by atoms with Crippen molar-refractivity contribution in [2.75, 3.05) is 26.8 Å². The fraction of sp³-hybridized carbons (Fsp3) is 0.636. The molecule has 0 aliphatic carbocycles. The molecule has 30 heavy (non-hydrogen) atoms. The summed E-state index contributed by atoms with van der Waals surface area (Å²) in [5, 5.41) is 12.4. The monoisotopic (exact) mass is 441 g/mol. The van der Waals surface area contributed by atoms with Crippen LogP contribution in [0.25, 0.3) is 0 Å². The van der Waals surface area contributed by atoms with Gasteiger partial charge in [0.05, 0.1) is 12.0 Å². The molecule has 1 aliphatic rings. The van der Waals surface area contributed by atoms with E-state index in [1.165, 1.54) is 12.0 Å². The van der Waals surface area contributed by atoms with Gasteiger partial charge in [0.15, 0.2) is 6.10 Å². The number of benzene rings is 1. The maximum atomic E-state index is 12.7. The number of hydrogen-bond acceptors (Lipinski definition) is 6. The van der Waals surface area contributed by atoms with E-state index in [4.69, 9.17) is 25.8 Å². The molecule has 7 nitrogen and oxygen atoms in total. The highest BCUT2D eigenvalue weighted by Gasteiger charge is 2.59. The lowest BCUT2D eigenvalue weighted by Gasteiger charge is -2.53. The van der Waals surface area contributed by atoms with Gasteiger partial charge in [-0.2, -0.15) is 0 Å². The lowest BCUT2D eigenvalue weighted by molar-refractivity contribution is -0.204. The zero-order valence-electron chi connectivity index (χ0n) is 18.5. The number of carbonyl (C=O) groups is 2. The third-order valence-corrected chi connectivity index (χ3v) is 5.75. The molecular weight excluding hydrogens is 410 g/mol. The second-order valence-corrected chi connectivity index (χ2v) is 9.24. The molecule has 1 amide bonds. The lowest BCUT2D eigenvalue weighted by Crippen LogP contribution is -2.64. The topological polar surface area (TPSA) is 85.3 Å². The van der Waals surface area contributed by atoms with Crippen LogP contribution in [0.3, 0.4) is 0 Å². The predicted molar refractivity (Wildman–Crippen MR) is 113 cm³/mol. The van der Waals surface area contributed by atoms with Crippen LogP contribution in [0.5, 0.6) is 0 Å². The maximum absolute atomic E-state index is 12.7. The molecule has 0 bridgehead atoms. The van der Waals surface area contributed by atoms with Gasteiger partial charge in [0.25, 0.3) is 0 Å². The summed E-state index contributed by atoms with van der Waals surface area (Å²) in [5.41, 5.74) is -2.76. The van der Waals surface area contributed by atoms with Crippen LogP contribution in [-0.2, 0) is 24.6 Å². The SMILES string of the molecule is CCOC(=O)C(OC)C1(C)CN(C(=O)OC(C)(C)C)CCC1(O)c1ccc(Cl)cc1. The molecule has 1 N–H and O–H groups in total. The Balaban J connectivity index is 2.50. The van der Waals surface area contributed by atoms with E-state index >= 15 is 0 Å². The molecule has 0 radical (unpaired) electrons. The van der Waals surface area contributed by atoms with Gasteiger partial charge in [-0.15, -0.1) is 0 Å². The number of halogens is 1. The highest BCUT2D eigenvalue weighted by molar-refractivity contribution is 6.30. The highest BCUT2D eigenvalue weighted by atomic mass is 35.5. The summed E-state index contributed by atoms with van der Waals surface area (Å²) in [4.78, 5) is 27.0. The second-order valence-electron chi connectivity index (χ2n) is 8.80. The fourth-order valence-electron chi connectivity index (χ4n) is 4.00. The largest absolute Gasteiger partial charge is 0.464 e. The predicted octanol–water partition coefficient (Wildman–Crippen LogP) is 3.75. The van der Waals surface area contributed by atoms with E-state index in [9.17, 15) is 14.7 Å². The van der Waals surface area contributed by atoms with Crippen molar-refractivity contribution in [2.24, 2.45) is 5.41 Å². The number of esters is 1. The Labute approximate surface area is 183 Å².